The molecule has 0 radical (unpaired) electrons. The maximum atomic E-state index is 13.4. The van der Waals surface area contributed by atoms with E-state index in [4.69, 9.17) is 35.8 Å². The SMILES string of the molecule is O=C1c2ccccc2C(=O)N1CC1(c2ccsn2)C2CN(c3cnc4c(-c5ccc6nn(C(F)F)cc6c5Cl)nn(C5CCCCO5)c4n3)C[C@H]21. The first-order valence-electron chi connectivity index (χ1n) is 16.8. The lowest BCUT2D eigenvalue weighted by Gasteiger charge is -2.29. The van der Waals surface area contributed by atoms with E-state index in [2.05, 4.69) is 10.00 Å². The number of carbonyl (C=O) groups is 2. The van der Waals surface area contributed by atoms with Crippen LogP contribution >= 0.6 is 23.1 Å². The van der Waals surface area contributed by atoms with Crippen LogP contribution in [0.25, 0.3) is 33.3 Å². The highest BCUT2D eigenvalue weighted by Crippen LogP contribution is 2.64. The fraction of sp³-hybridized carbons (Fsp3) is 0.343. The maximum absolute atomic E-state index is 13.4. The van der Waals surface area contributed by atoms with Gasteiger partial charge in [-0.15, -0.1) is 0 Å². The molecule has 0 N–H and O–H groups in total. The number of benzene rings is 2. The van der Waals surface area contributed by atoms with Gasteiger partial charge in [0.05, 0.1) is 33.6 Å². The van der Waals surface area contributed by atoms with Crippen molar-refractivity contribution in [3.8, 4) is 11.3 Å². The average Bonchev–Trinajstić information content (AvgIpc) is 3.88. The summed E-state index contributed by atoms with van der Waals surface area (Å²) in [5.41, 5.74) is 3.74. The van der Waals surface area contributed by atoms with Crippen LogP contribution in [0, 0.1) is 11.8 Å². The van der Waals surface area contributed by atoms with Crippen molar-refractivity contribution in [3.05, 3.63) is 82.1 Å². The number of amides is 2. The number of carbonyl (C=O) groups excluding carboxylic acids is 2. The van der Waals surface area contributed by atoms with Crippen molar-refractivity contribution < 1.29 is 23.1 Å². The van der Waals surface area contributed by atoms with Crippen molar-refractivity contribution >= 4 is 62.8 Å². The minimum atomic E-state index is -2.80. The molecule has 4 aromatic heterocycles. The Morgan fingerprint density at radius 1 is 1.00 bits per heavy atom. The van der Waals surface area contributed by atoms with E-state index in [0.29, 0.717) is 74.6 Å². The van der Waals surface area contributed by atoms with Gasteiger partial charge in [-0.1, -0.05) is 23.7 Å². The molecule has 258 valence electrons. The summed E-state index contributed by atoms with van der Waals surface area (Å²) in [6.45, 7) is -0.648. The van der Waals surface area contributed by atoms with Gasteiger partial charge < -0.3 is 9.64 Å². The van der Waals surface area contributed by atoms with Crippen LogP contribution in [0.3, 0.4) is 0 Å². The van der Waals surface area contributed by atoms with Crippen LogP contribution in [0.5, 0.6) is 0 Å². The van der Waals surface area contributed by atoms with Crippen molar-refractivity contribution in [3.63, 3.8) is 0 Å². The zero-order chi connectivity index (χ0) is 34.6. The smallest absolute Gasteiger partial charge is 0.333 e. The van der Waals surface area contributed by atoms with Crippen LogP contribution in [-0.4, -0.2) is 76.9 Å². The highest BCUT2D eigenvalue weighted by atomic mass is 35.5. The van der Waals surface area contributed by atoms with Gasteiger partial charge in [-0.25, -0.2) is 19.3 Å². The Hall–Kier alpha value is -4.86. The Bertz CT molecular complexity index is 2350. The first kappa shape index (κ1) is 30.9. The number of nitrogens with zero attached hydrogens (tertiary/aromatic N) is 9. The molecule has 16 heteroatoms. The van der Waals surface area contributed by atoms with Crippen LogP contribution in [-0.2, 0) is 10.2 Å². The number of aromatic nitrogens is 7. The number of hydrogen-bond acceptors (Lipinski definition) is 10. The van der Waals surface area contributed by atoms with Gasteiger partial charge in [-0.3, -0.25) is 14.5 Å². The summed E-state index contributed by atoms with van der Waals surface area (Å²) in [6.07, 6.45) is 5.27. The van der Waals surface area contributed by atoms with Crippen LogP contribution in [0.4, 0.5) is 14.6 Å². The molecule has 4 atom stereocenters. The highest BCUT2D eigenvalue weighted by Gasteiger charge is 2.71. The summed E-state index contributed by atoms with van der Waals surface area (Å²) in [6, 6.07) is 12.3. The number of ether oxygens (including phenoxy) is 1. The first-order valence-corrected chi connectivity index (χ1v) is 18.0. The van der Waals surface area contributed by atoms with Crippen molar-refractivity contribution in [2.24, 2.45) is 11.8 Å². The summed E-state index contributed by atoms with van der Waals surface area (Å²) in [4.78, 5) is 40.3. The van der Waals surface area contributed by atoms with E-state index in [9.17, 15) is 18.4 Å². The fourth-order valence-electron chi connectivity index (χ4n) is 8.43. The van der Waals surface area contributed by atoms with Gasteiger partial charge in [0.15, 0.2) is 11.9 Å². The van der Waals surface area contributed by atoms with Gasteiger partial charge in [0, 0.05) is 54.2 Å². The normalized spacial score (nSPS) is 24.4. The third-order valence-corrected chi connectivity index (χ3v) is 12.0. The molecule has 4 aliphatic rings. The largest absolute Gasteiger partial charge is 0.356 e. The second-order valence-electron chi connectivity index (χ2n) is 13.5. The highest BCUT2D eigenvalue weighted by molar-refractivity contribution is 7.03. The summed E-state index contributed by atoms with van der Waals surface area (Å²) < 4.78 is 40.1. The molecule has 0 spiro atoms. The van der Waals surface area contributed by atoms with Crippen LogP contribution < -0.4 is 4.90 Å². The summed E-state index contributed by atoms with van der Waals surface area (Å²) in [7, 11) is 0. The van der Waals surface area contributed by atoms with Gasteiger partial charge in [0.25, 0.3) is 11.8 Å². The number of rotatable bonds is 7. The van der Waals surface area contributed by atoms with E-state index in [0.717, 1.165) is 25.0 Å². The minimum absolute atomic E-state index is 0.142. The van der Waals surface area contributed by atoms with Crippen molar-refractivity contribution in [2.45, 2.75) is 37.5 Å². The Morgan fingerprint density at radius 2 is 1.78 bits per heavy atom. The molecule has 51 heavy (non-hydrogen) atoms. The first-order chi connectivity index (χ1) is 24.8. The van der Waals surface area contributed by atoms with E-state index in [1.54, 1.807) is 47.3 Å². The third-order valence-electron chi connectivity index (χ3n) is 11.0. The Kier molecular flexibility index (Phi) is 6.86. The molecule has 0 bridgehead atoms. The number of halogens is 3. The average molecular weight is 728 g/mol. The molecule has 2 saturated heterocycles. The predicted octanol–water partition coefficient (Wildman–Crippen LogP) is 6.35. The topological polar surface area (TPSA) is 124 Å². The lowest BCUT2D eigenvalue weighted by molar-refractivity contribution is -0.0368. The van der Waals surface area contributed by atoms with E-state index >= 15 is 0 Å². The second kappa shape index (κ2) is 11.3. The number of piperidine rings is 1. The summed E-state index contributed by atoms with van der Waals surface area (Å²) in [5.74, 6) is 0.427. The van der Waals surface area contributed by atoms with Crippen LogP contribution in [0.1, 0.15) is 58.4 Å². The molecule has 3 unspecified atom stereocenters. The van der Waals surface area contributed by atoms with Gasteiger partial charge in [-0.05, 0) is 73.0 Å². The molecular weight excluding hydrogens is 700 g/mol. The molecule has 7 heterocycles. The quantitative estimate of drug-likeness (QED) is 0.173. The zero-order valence-corrected chi connectivity index (χ0v) is 28.4. The summed E-state index contributed by atoms with van der Waals surface area (Å²) in [5, 5.41) is 11.5. The maximum Gasteiger partial charge on any atom is 0.333 e. The van der Waals surface area contributed by atoms with E-state index in [-0.39, 0.29) is 41.4 Å². The molecule has 12 nitrogen and oxygen atoms in total. The van der Waals surface area contributed by atoms with Crippen molar-refractivity contribution in [2.75, 3.05) is 31.1 Å². The zero-order valence-electron chi connectivity index (χ0n) is 26.8. The monoisotopic (exact) mass is 727 g/mol. The Balaban J connectivity index is 0.990. The van der Waals surface area contributed by atoms with Gasteiger partial charge in [0.1, 0.15) is 17.0 Å². The number of alkyl halides is 2. The minimum Gasteiger partial charge on any atom is -0.356 e. The molecule has 3 aliphatic heterocycles. The molecule has 2 aromatic carbocycles. The van der Waals surface area contributed by atoms with Crippen LogP contribution in [0.2, 0.25) is 5.02 Å². The summed E-state index contributed by atoms with van der Waals surface area (Å²) >= 11 is 8.20. The number of fused-ring (bicyclic) bond motifs is 4. The Labute approximate surface area is 297 Å². The molecule has 10 rings (SSSR count). The lowest BCUT2D eigenvalue weighted by atomic mass is 9.94. The third kappa shape index (κ3) is 4.53. The predicted molar refractivity (Wildman–Crippen MR) is 184 cm³/mol. The van der Waals surface area contributed by atoms with Crippen molar-refractivity contribution in [1.82, 2.24) is 38.8 Å². The lowest BCUT2D eigenvalue weighted by Crippen LogP contribution is -2.42. The molecule has 2 amide bonds. The Morgan fingerprint density at radius 3 is 2.47 bits per heavy atom. The number of hydrogen-bond donors (Lipinski definition) is 0. The van der Waals surface area contributed by atoms with Gasteiger partial charge in [0.2, 0.25) is 0 Å². The number of anilines is 1. The number of imide groups is 1. The molecule has 1 aliphatic carbocycles. The standard InChI is InChI=1S/C35H28ClF2N9O3S/c36-28-20(8-9-24-21(28)14-46(41-24)34(37)38)29-30-31(47(42-29)27-7-3-4-11-50-27)40-26(13-39-30)44-15-22-23(16-44)35(22,25-10-12-51-43-25)17-45-32(48)18-5-1-2-6-19(18)33(45)49/h1-2,5-6,8-10,12-14,22-23,27,34H,3-4,7,11,15-17H2/t22-,23?,27?,35?/m1/s1. The van der Waals surface area contributed by atoms with E-state index in [1.807, 2.05) is 11.4 Å². The second-order valence-corrected chi connectivity index (χ2v) is 14.6. The molecule has 1 saturated carbocycles. The van der Waals surface area contributed by atoms with Crippen molar-refractivity contribution in [1.29, 1.82) is 0 Å². The van der Waals surface area contributed by atoms with Gasteiger partial charge in [-0.2, -0.15) is 23.4 Å². The molecule has 3 fully saturated rings. The van der Waals surface area contributed by atoms with Crippen LogP contribution in [0.15, 0.2) is 60.2 Å². The molecule has 6 aromatic rings. The van der Waals surface area contributed by atoms with Gasteiger partial charge >= 0.3 is 6.55 Å². The molecular formula is C35H28ClF2N9O3S. The fourth-order valence-corrected chi connectivity index (χ4v) is 9.32. The van der Waals surface area contributed by atoms with E-state index < -0.39 is 12.0 Å². The van der Waals surface area contributed by atoms with E-state index in [1.165, 1.54) is 22.6 Å².